The molecule has 0 atom stereocenters. The van der Waals surface area contributed by atoms with Crippen molar-refractivity contribution < 1.29 is 14.3 Å². The van der Waals surface area contributed by atoms with Gasteiger partial charge in [0.15, 0.2) is 12.4 Å². The topological polar surface area (TPSA) is 112 Å². The molecule has 0 saturated heterocycles. The van der Waals surface area contributed by atoms with E-state index < -0.39 is 5.97 Å². The molecular weight excluding hydrogens is 358 g/mol. The molecule has 0 unspecified atom stereocenters. The zero-order valence-corrected chi connectivity index (χ0v) is 15.9. The van der Waals surface area contributed by atoms with Crippen molar-refractivity contribution in [3.8, 4) is 5.75 Å². The Morgan fingerprint density at radius 1 is 1.07 bits per heavy atom. The lowest BCUT2D eigenvalue weighted by Crippen LogP contribution is -2.11. The fourth-order valence-electron chi connectivity index (χ4n) is 2.73. The molecule has 0 bridgehead atoms. The second-order valence-electron chi connectivity index (χ2n) is 6.21. The molecule has 0 saturated carbocycles. The standard InChI is InChI=1S/C20H21N5O3/c1-12-8-13(2)10-14(9-12)18(26)28-11-17-23-19(21)25-20(24-17)22-15-6-4-5-7-16(15)27-3/h4-10H,11H2,1-3H3,(H3,21,22,23,24,25). The molecule has 1 aromatic heterocycles. The number of anilines is 3. The Kier molecular flexibility index (Phi) is 5.69. The molecule has 3 N–H and O–H groups in total. The first kappa shape index (κ1) is 19.1. The number of rotatable bonds is 6. The Hall–Kier alpha value is -3.68. The maximum absolute atomic E-state index is 12.3. The minimum absolute atomic E-state index is 0.0184. The first-order valence-corrected chi connectivity index (χ1v) is 8.60. The van der Waals surface area contributed by atoms with Gasteiger partial charge in [0.2, 0.25) is 11.9 Å². The summed E-state index contributed by atoms with van der Waals surface area (Å²) >= 11 is 0. The van der Waals surface area contributed by atoms with Gasteiger partial charge >= 0.3 is 5.97 Å². The minimum atomic E-state index is -0.454. The number of aromatic nitrogens is 3. The molecule has 3 aromatic rings. The smallest absolute Gasteiger partial charge is 0.338 e. The number of ether oxygens (including phenoxy) is 2. The first-order valence-electron chi connectivity index (χ1n) is 8.60. The Balaban J connectivity index is 1.73. The van der Waals surface area contributed by atoms with Gasteiger partial charge in [0, 0.05) is 0 Å². The molecule has 0 radical (unpaired) electrons. The number of carbonyl (C=O) groups excluding carboxylic acids is 1. The van der Waals surface area contributed by atoms with Crippen molar-refractivity contribution in [3.05, 3.63) is 65.0 Å². The second-order valence-corrected chi connectivity index (χ2v) is 6.21. The van der Waals surface area contributed by atoms with Crippen molar-refractivity contribution in [2.24, 2.45) is 0 Å². The molecule has 1 heterocycles. The van der Waals surface area contributed by atoms with Crippen LogP contribution in [0, 0.1) is 13.8 Å². The van der Waals surface area contributed by atoms with E-state index in [1.165, 1.54) is 0 Å². The fourth-order valence-corrected chi connectivity index (χ4v) is 2.73. The third-order valence-corrected chi connectivity index (χ3v) is 3.84. The van der Waals surface area contributed by atoms with E-state index in [1.807, 2.05) is 38.1 Å². The quantitative estimate of drug-likeness (QED) is 0.628. The molecule has 0 spiro atoms. The van der Waals surface area contributed by atoms with E-state index in [9.17, 15) is 4.79 Å². The number of benzene rings is 2. The third kappa shape index (κ3) is 4.73. The number of nitrogens with two attached hydrogens (primary N) is 1. The van der Waals surface area contributed by atoms with Crippen LogP contribution in [0.5, 0.6) is 5.75 Å². The normalized spacial score (nSPS) is 10.4. The number of esters is 1. The Morgan fingerprint density at radius 3 is 2.50 bits per heavy atom. The first-order chi connectivity index (χ1) is 13.4. The van der Waals surface area contributed by atoms with E-state index in [0.717, 1.165) is 11.1 Å². The SMILES string of the molecule is COc1ccccc1Nc1nc(N)nc(COC(=O)c2cc(C)cc(C)c2)n1. The predicted octanol–water partition coefficient (Wildman–Crippen LogP) is 3.18. The molecule has 8 heteroatoms. The van der Waals surface area contributed by atoms with Gasteiger partial charge < -0.3 is 20.5 Å². The molecule has 144 valence electrons. The van der Waals surface area contributed by atoms with Crippen LogP contribution in [-0.4, -0.2) is 28.0 Å². The van der Waals surface area contributed by atoms with E-state index in [-0.39, 0.29) is 24.3 Å². The van der Waals surface area contributed by atoms with Gasteiger partial charge in [-0.3, -0.25) is 0 Å². The van der Waals surface area contributed by atoms with Gasteiger partial charge in [-0.2, -0.15) is 15.0 Å². The highest BCUT2D eigenvalue weighted by atomic mass is 16.5. The van der Waals surface area contributed by atoms with Crippen LogP contribution in [0.1, 0.15) is 27.3 Å². The number of methoxy groups -OCH3 is 1. The van der Waals surface area contributed by atoms with Crippen LogP contribution in [0.2, 0.25) is 0 Å². The Bertz CT molecular complexity index is 987. The van der Waals surface area contributed by atoms with Crippen LogP contribution >= 0.6 is 0 Å². The van der Waals surface area contributed by atoms with Gasteiger partial charge in [0.1, 0.15) is 5.75 Å². The number of hydrogen-bond donors (Lipinski definition) is 2. The van der Waals surface area contributed by atoms with E-state index in [0.29, 0.717) is 17.0 Å². The summed E-state index contributed by atoms with van der Waals surface area (Å²) in [7, 11) is 1.57. The largest absolute Gasteiger partial charge is 0.495 e. The van der Waals surface area contributed by atoms with Gasteiger partial charge in [0.25, 0.3) is 0 Å². The molecule has 28 heavy (non-hydrogen) atoms. The van der Waals surface area contributed by atoms with Crippen LogP contribution in [0.4, 0.5) is 17.6 Å². The van der Waals surface area contributed by atoms with E-state index in [4.69, 9.17) is 15.2 Å². The van der Waals surface area contributed by atoms with Crippen molar-refractivity contribution in [1.29, 1.82) is 0 Å². The summed E-state index contributed by atoms with van der Waals surface area (Å²) in [5.74, 6) is 0.663. The molecule has 0 aliphatic rings. The Morgan fingerprint density at radius 2 is 1.79 bits per heavy atom. The third-order valence-electron chi connectivity index (χ3n) is 3.84. The number of nitrogen functional groups attached to an aromatic ring is 1. The van der Waals surface area contributed by atoms with Crippen LogP contribution < -0.4 is 15.8 Å². The fraction of sp³-hybridized carbons (Fsp3) is 0.200. The summed E-state index contributed by atoms with van der Waals surface area (Å²) in [5.41, 5.74) is 8.89. The molecule has 0 amide bonds. The number of hydrogen-bond acceptors (Lipinski definition) is 8. The van der Waals surface area contributed by atoms with Crippen molar-refractivity contribution in [2.45, 2.75) is 20.5 Å². The van der Waals surface area contributed by atoms with Crippen molar-refractivity contribution in [3.63, 3.8) is 0 Å². The maximum Gasteiger partial charge on any atom is 0.338 e. The summed E-state index contributed by atoms with van der Waals surface area (Å²) < 4.78 is 10.6. The highest BCUT2D eigenvalue weighted by Crippen LogP contribution is 2.25. The zero-order valence-electron chi connectivity index (χ0n) is 15.9. The van der Waals surface area contributed by atoms with Crippen LogP contribution in [0.25, 0.3) is 0 Å². The maximum atomic E-state index is 12.3. The number of nitrogens with one attached hydrogen (secondary N) is 1. The average Bonchev–Trinajstić information content (AvgIpc) is 2.65. The van der Waals surface area contributed by atoms with Gasteiger partial charge in [-0.25, -0.2) is 4.79 Å². The minimum Gasteiger partial charge on any atom is -0.495 e. The summed E-state index contributed by atoms with van der Waals surface area (Å²) in [6, 6.07) is 12.8. The Labute approximate surface area is 162 Å². The monoisotopic (exact) mass is 379 g/mol. The number of carbonyl (C=O) groups is 1. The van der Waals surface area contributed by atoms with Crippen molar-refractivity contribution >= 4 is 23.6 Å². The highest BCUT2D eigenvalue weighted by molar-refractivity contribution is 5.89. The van der Waals surface area contributed by atoms with Crippen molar-refractivity contribution in [1.82, 2.24) is 15.0 Å². The van der Waals surface area contributed by atoms with Crippen LogP contribution in [0.3, 0.4) is 0 Å². The van der Waals surface area contributed by atoms with Gasteiger partial charge in [-0.1, -0.05) is 29.3 Å². The van der Waals surface area contributed by atoms with E-state index in [2.05, 4.69) is 20.3 Å². The molecule has 0 aliphatic heterocycles. The lowest BCUT2D eigenvalue weighted by atomic mass is 10.1. The summed E-state index contributed by atoms with van der Waals surface area (Å²) in [6.07, 6.45) is 0. The van der Waals surface area contributed by atoms with Gasteiger partial charge in [-0.05, 0) is 38.1 Å². The lowest BCUT2D eigenvalue weighted by Gasteiger charge is -2.11. The predicted molar refractivity (Wildman–Crippen MR) is 106 cm³/mol. The summed E-state index contributed by atoms with van der Waals surface area (Å²) in [4.78, 5) is 24.7. The van der Waals surface area contributed by atoms with Crippen LogP contribution in [-0.2, 0) is 11.3 Å². The van der Waals surface area contributed by atoms with Crippen LogP contribution in [0.15, 0.2) is 42.5 Å². The van der Waals surface area contributed by atoms with Crippen molar-refractivity contribution in [2.75, 3.05) is 18.2 Å². The number of para-hydroxylation sites is 2. The summed E-state index contributed by atoms with van der Waals surface area (Å²) in [6.45, 7) is 3.72. The van der Waals surface area contributed by atoms with E-state index >= 15 is 0 Å². The van der Waals surface area contributed by atoms with Gasteiger partial charge in [-0.15, -0.1) is 0 Å². The molecule has 3 rings (SSSR count). The molecular formula is C20H21N5O3. The van der Waals surface area contributed by atoms with E-state index in [1.54, 1.807) is 25.3 Å². The lowest BCUT2D eigenvalue weighted by molar-refractivity contribution is 0.0462. The molecule has 0 aliphatic carbocycles. The van der Waals surface area contributed by atoms with Gasteiger partial charge in [0.05, 0.1) is 18.4 Å². The number of nitrogens with zero attached hydrogens (tertiary/aromatic N) is 3. The zero-order chi connectivity index (χ0) is 20.1. The average molecular weight is 379 g/mol. The molecule has 8 nitrogen and oxygen atoms in total. The summed E-state index contributed by atoms with van der Waals surface area (Å²) in [5, 5.41) is 3.03. The molecule has 2 aromatic carbocycles. The highest BCUT2D eigenvalue weighted by Gasteiger charge is 2.12. The second kappa shape index (κ2) is 8.34. The number of aryl methyl sites for hydroxylation is 2. The molecule has 0 fully saturated rings.